The van der Waals surface area contributed by atoms with E-state index in [4.69, 9.17) is 11.6 Å². The second-order valence-electron chi connectivity index (χ2n) is 5.01. The van der Waals surface area contributed by atoms with Crippen molar-refractivity contribution < 1.29 is 14.7 Å². The van der Waals surface area contributed by atoms with Gasteiger partial charge in [-0.2, -0.15) is 0 Å². The van der Waals surface area contributed by atoms with Gasteiger partial charge in [0.1, 0.15) is 0 Å². The van der Waals surface area contributed by atoms with Crippen molar-refractivity contribution >= 4 is 28.9 Å². The molecule has 114 valence electrons. The van der Waals surface area contributed by atoms with Crippen molar-refractivity contribution in [2.75, 3.05) is 7.05 Å². The molecule has 0 fully saturated rings. The number of carbonyl (C=O) groups excluding carboxylic acids is 2. The summed E-state index contributed by atoms with van der Waals surface area (Å²) in [7, 11) is 1.51. The number of fused-ring (bicyclic) bond motifs is 1. The van der Waals surface area contributed by atoms with Gasteiger partial charge in [0.15, 0.2) is 11.5 Å². The van der Waals surface area contributed by atoms with Crippen LogP contribution in [0.15, 0.2) is 64.9 Å². The molecule has 5 heteroatoms. The average Bonchev–Trinajstić information content (AvgIpc) is 2.57. The molecule has 1 N–H and O–H groups in total. The Morgan fingerprint density at radius 3 is 2.35 bits per heavy atom. The molecule has 0 spiro atoms. The molecule has 2 aromatic rings. The Morgan fingerprint density at radius 1 is 1.00 bits per heavy atom. The third-order valence-electron chi connectivity index (χ3n) is 3.66. The molecule has 0 saturated carbocycles. The van der Waals surface area contributed by atoms with E-state index < -0.39 is 17.3 Å². The van der Waals surface area contributed by atoms with Crippen molar-refractivity contribution in [1.29, 1.82) is 0 Å². The molecule has 0 atom stereocenters. The average molecular weight is 326 g/mol. The molecule has 0 unspecified atom stereocenters. The van der Waals surface area contributed by atoms with Gasteiger partial charge in [-0.3, -0.25) is 14.6 Å². The summed E-state index contributed by atoms with van der Waals surface area (Å²) in [5.74, 6) is -1.68. The number of halogens is 1. The first-order chi connectivity index (χ1) is 11.0. The van der Waals surface area contributed by atoms with Gasteiger partial charge in [-0.05, 0) is 18.2 Å². The van der Waals surface area contributed by atoms with Gasteiger partial charge in [0.2, 0.25) is 5.78 Å². The lowest BCUT2D eigenvalue weighted by molar-refractivity contribution is 0.0934. The van der Waals surface area contributed by atoms with E-state index in [1.165, 1.54) is 25.2 Å². The Hall–Kier alpha value is -2.72. The molecule has 2 aromatic carbocycles. The van der Waals surface area contributed by atoms with Crippen molar-refractivity contribution in [3.05, 3.63) is 81.6 Å². The minimum absolute atomic E-state index is 0.0847. The van der Waals surface area contributed by atoms with Gasteiger partial charge in [0, 0.05) is 28.8 Å². The molecule has 0 heterocycles. The lowest BCUT2D eigenvalue weighted by Crippen LogP contribution is -2.27. The van der Waals surface area contributed by atoms with E-state index in [-0.39, 0.29) is 22.4 Å². The number of nitrogens with zero attached hydrogens (tertiary/aromatic N) is 1. The fourth-order valence-electron chi connectivity index (χ4n) is 2.59. The Balaban J connectivity index is 2.21. The minimum atomic E-state index is -0.630. The van der Waals surface area contributed by atoms with Gasteiger partial charge in [-0.1, -0.05) is 41.9 Å². The molecule has 3 rings (SSSR count). The zero-order valence-electron chi connectivity index (χ0n) is 12.2. The largest absolute Gasteiger partial charge is 0.504 e. The third-order valence-corrected chi connectivity index (χ3v) is 3.89. The van der Waals surface area contributed by atoms with Crippen LogP contribution < -0.4 is 0 Å². The molecule has 1 aliphatic rings. The summed E-state index contributed by atoms with van der Waals surface area (Å²) >= 11 is 5.87. The zero-order chi connectivity index (χ0) is 16.6. The van der Waals surface area contributed by atoms with Gasteiger partial charge >= 0.3 is 0 Å². The molecule has 0 radical (unpaired) electrons. The Morgan fingerprint density at radius 2 is 1.70 bits per heavy atom. The van der Waals surface area contributed by atoms with E-state index in [0.29, 0.717) is 10.6 Å². The second kappa shape index (κ2) is 5.82. The fraction of sp³-hybridized carbons (Fsp3) is 0.0556. The highest BCUT2D eigenvalue weighted by Crippen LogP contribution is 2.29. The van der Waals surface area contributed by atoms with Crippen LogP contribution in [0.5, 0.6) is 0 Å². The first kappa shape index (κ1) is 15.2. The third kappa shape index (κ3) is 2.47. The Kier molecular flexibility index (Phi) is 3.84. The van der Waals surface area contributed by atoms with Gasteiger partial charge in [0.25, 0.3) is 0 Å². The van der Waals surface area contributed by atoms with Crippen LogP contribution in [0.25, 0.3) is 0 Å². The van der Waals surface area contributed by atoms with Gasteiger partial charge in [-0.25, -0.2) is 0 Å². The maximum atomic E-state index is 12.8. The van der Waals surface area contributed by atoms with Crippen LogP contribution in [0.2, 0.25) is 5.02 Å². The number of hydrogen-bond acceptors (Lipinski definition) is 4. The van der Waals surface area contributed by atoms with Gasteiger partial charge < -0.3 is 5.11 Å². The number of hydrogen-bond donors (Lipinski definition) is 1. The molecule has 0 aliphatic heterocycles. The molecular formula is C18H12ClNO3. The molecule has 0 bridgehead atoms. The van der Waals surface area contributed by atoms with Gasteiger partial charge in [-0.15, -0.1) is 0 Å². The van der Waals surface area contributed by atoms with Gasteiger partial charge in [0.05, 0.1) is 11.3 Å². The molecular weight excluding hydrogens is 314 g/mol. The summed E-state index contributed by atoms with van der Waals surface area (Å²) in [5.41, 5.74) is 1.16. The summed E-state index contributed by atoms with van der Waals surface area (Å²) in [4.78, 5) is 29.3. The summed E-state index contributed by atoms with van der Waals surface area (Å²) < 4.78 is 0. The predicted octanol–water partition coefficient (Wildman–Crippen LogP) is 3.65. The summed E-state index contributed by atoms with van der Waals surface area (Å²) in [5, 5.41) is 10.6. The topological polar surface area (TPSA) is 66.7 Å². The Labute approximate surface area is 137 Å². The van der Waals surface area contributed by atoms with Crippen LogP contribution in [-0.4, -0.2) is 29.4 Å². The number of rotatable bonds is 2. The number of benzene rings is 2. The van der Waals surface area contributed by atoms with Crippen LogP contribution in [0, 0.1) is 0 Å². The van der Waals surface area contributed by atoms with E-state index in [0.717, 1.165) is 0 Å². The summed E-state index contributed by atoms with van der Waals surface area (Å²) in [6, 6.07) is 13.3. The predicted molar refractivity (Wildman–Crippen MR) is 88.7 cm³/mol. The monoisotopic (exact) mass is 325 g/mol. The van der Waals surface area contributed by atoms with Crippen molar-refractivity contribution in [2.24, 2.45) is 4.99 Å². The summed E-state index contributed by atoms with van der Waals surface area (Å²) in [6.07, 6.45) is 0. The van der Waals surface area contributed by atoms with Crippen LogP contribution >= 0.6 is 11.6 Å². The van der Waals surface area contributed by atoms with Crippen LogP contribution in [0.3, 0.4) is 0 Å². The van der Waals surface area contributed by atoms with Crippen molar-refractivity contribution in [3.63, 3.8) is 0 Å². The Bertz CT molecular complexity index is 882. The molecule has 0 amide bonds. The highest BCUT2D eigenvalue weighted by molar-refractivity contribution is 6.40. The van der Waals surface area contributed by atoms with E-state index in [2.05, 4.69) is 4.99 Å². The number of aliphatic hydroxyl groups is 1. The van der Waals surface area contributed by atoms with Crippen LogP contribution in [0.4, 0.5) is 0 Å². The maximum absolute atomic E-state index is 12.8. The van der Waals surface area contributed by atoms with E-state index >= 15 is 0 Å². The van der Waals surface area contributed by atoms with Crippen molar-refractivity contribution in [2.45, 2.75) is 0 Å². The normalized spacial score (nSPS) is 15.0. The fourth-order valence-corrected chi connectivity index (χ4v) is 2.76. The standard InChI is InChI=1S/C18H12ClNO3/c1-20-15(10-5-3-2-4-6-10)14-16(21)12-8-7-11(19)9-13(12)17(22)18(14)23/h2-9,23H,1H3. The number of aliphatic hydroxyl groups excluding tert-OH is 1. The maximum Gasteiger partial charge on any atom is 0.228 e. The first-order valence-electron chi connectivity index (χ1n) is 6.89. The molecule has 23 heavy (non-hydrogen) atoms. The number of aliphatic imine (C=N–C) groups is 1. The highest BCUT2D eigenvalue weighted by atomic mass is 35.5. The lowest BCUT2D eigenvalue weighted by Gasteiger charge is -2.19. The minimum Gasteiger partial charge on any atom is -0.504 e. The number of allylic oxidation sites excluding steroid dienone is 2. The number of ketones is 2. The van der Waals surface area contributed by atoms with E-state index in [1.54, 1.807) is 24.3 Å². The quantitative estimate of drug-likeness (QED) is 0.857. The highest BCUT2D eigenvalue weighted by Gasteiger charge is 2.35. The number of Topliss-reactive ketones (excluding diaryl/α,β-unsaturated/α-hetero) is 2. The van der Waals surface area contributed by atoms with E-state index in [9.17, 15) is 14.7 Å². The smallest absolute Gasteiger partial charge is 0.228 e. The van der Waals surface area contributed by atoms with Crippen LogP contribution in [-0.2, 0) is 0 Å². The molecule has 0 aromatic heterocycles. The van der Waals surface area contributed by atoms with Crippen molar-refractivity contribution in [1.82, 2.24) is 0 Å². The van der Waals surface area contributed by atoms with E-state index in [1.807, 2.05) is 6.07 Å². The van der Waals surface area contributed by atoms with Crippen molar-refractivity contribution in [3.8, 4) is 0 Å². The molecule has 1 aliphatic carbocycles. The number of carbonyl (C=O) groups is 2. The first-order valence-corrected chi connectivity index (χ1v) is 7.27. The molecule has 0 saturated heterocycles. The second-order valence-corrected chi connectivity index (χ2v) is 5.45. The summed E-state index contributed by atoms with van der Waals surface area (Å²) in [6.45, 7) is 0. The molecule has 4 nitrogen and oxygen atoms in total. The zero-order valence-corrected chi connectivity index (χ0v) is 13.0. The SMILES string of the molecule is CN=C(C1=C(O)C(=O)c2cc(Cl)ccc2C1=O)c1ccccc1. The lowest BCUT2D eigenvalue weighted by atomic mass is 9.84. The van der Waals surface area contributed by atoms with Crippen LogP contribution in [0.1, 0.15) is 26.3 Å².